The average molecular weight is 382 g/mol. The number of imide groups is 1. The third-order valence-corrected chi connectivity index (χ3v) is 4.17. The molecule has 1 aliphatic rings. The fourth-order valence-corrected chi connectivity index (χ4v) is 2.88. The third kappa shape index (κ3) is 3.32. The van der Waals surface area contributed by atoms with Crippen molar-refractivity contribution in [2.75, 3.05) is 4.90 Å². The first-order valence-corrected chi connectivity index (χ1v) is 8.13. The van der Waals surface area contributed by atoms with Crippen LogP contribution >= 0.6 is 0 Å². The molecule has 28 heavy (non-hydrogen) atoms. The number of hydrogen-bond donors (Lipinski definition) is 3. The van der Waals surface area contributed by atoms with Crippen LogP contribution < -0.4 is 10.2 Å². The number of carbonyl (C=O) groups is 5. The number of carbonyl (C=O) groups excluding carboxylic acids is 3. The number of carboxylic acids is 2. The Kier molecular flexibility index (Phi) is 4.90. The van der Waals surface area contributed by atoms with E-state index >= 15 is 0 Å². The van der Waals surface area contributed by atoms with Crippen molar-refractivity contribution in [2.24, 2.45) is 0 Å². The van der Waals surface area contributed by atoms with Crippen molar-refractivity contribution in [1.29, 1.82) is 0 Å². The molecule has 1 aliphatic heterocycles. The van der Waals surface area contributed by atoms with Gasteiger partial charge in [0.2, 0.25) is 0 Å². The lowest BCUT2D eigenvalue weighted by molar-refractivity contribution is -0.145. The molecule has 1 unspecified atom stereocenters. The van der Waals surface area contributed by atoms with Crippen molar-refractivity contribution in [3.8, 4) is 0 Å². The summed E-state index contributed by atoms with van der Waals surface area (Å²) >= 11 is 0. The van der Waals surface area contributed by atoms with Crippen molar-refractivity contribution < 1.29 is 34.2 Å². The molecule has 9 nitrogen and oxygen atoms in total. The highest BCUT2D eigenvalue weighted by molar-refractivity contribution is 6.35. The van der Waals surface area contributed by atoms with Crippen LogP contribution in [0.4, 0.5) is 5.69 Å². The van der Waals surface area contributed by atoms with Gasteiger partial charge in [-0.2, -0.15) is 0 Å². The molecule has 0 radical (unpaired) electrons. The molecule has 9 heteroatoms. The number of para-hydroxylation sites is 1. The summed E-state index contributed by atoms with van der Waals surface area (Å²) in [6, 6.07) is 10.2. The lowest BCUT2D eigenvalue weighted by Crippen LogP contribution is -2.43. The van der Waals surface area contributed by atoms with E-state index in [9.17, 15) is 24.0 Å². The Morgan fingerprint density at radius 1 is 0.893 bits per heavy atom. The number of carboxylic acid groups (broad SMARTS) is 2. The lowest BCUT2D eigenvalue weighted by atomic mass is 10.1. The molecule has 0 saturated heterocycles. The Labute approximate surface area is 158 Å². The normalized spacial score (nSPS) is 13.8. The molecular weight excluding hydrogens is 368 g/mol. The zero-order valence-electron chi connectivity index (χ0n) is 14.3. The van der Waals surface area contributed by atoms with Gasteiger partial charge in [-0.1, -0.05) is 24.3 Å². The quantitative estimate of drug-likeness (QED) is 0.636. The largest absolute Gasteiger partial charge is 0.481 e. The van der Waals surface area contributed by atoms with Crippen molar-refractivity contribution in [3.05, 3.63) is 65.2 Å². The minimum atomic E-state index is -1.67. The molecular formula is C19H14N2O7. The standard InChI is InChI=1S/C19H14N2O7/c22-15(23)9-13(19(27)28)20-16(24)12-7-3-4-8-14(12)21-17(25)10-5-1-2-6-11(10)18(21)26/h1-8,13H,9H2,(H,20,24)(H,22,23)(H,27,28). The SMILES string of the molecule is O=C(O)CC(NC(=O)c1ccccc1N1C(=O)c2ccccc2C1=O)C(=O)O. The van der Waals surface area contributed by atoms with E-state index in [1.807, 2.05) is 0 Å². The van der Waals surface area contributed by atoms with E-state index in [0.717, 1.165) is 4.90 Å². The number of anilines is 1. The van der Waals surface area contributed by atoms with Crippen LogP contribution in [0.1, 0.15) is 37.5 Å². The number of benzene rings is 2. The first kappa shape index (κ1) is 18.8. The highest BCUT2D eigenvalue weighted by atomic mass is 16.4. The number of nitrogens with zero attached hydrogens (tertiary/aromatic N) is 1. The van der Waals surface area contributed by atoms with Crippen LogP contribution in [0.25, 0.3) is 0 Å². The maximum atomic E-state index is 12.7. The number of hydrogen-bond acceptors (Lipinski definition) is 5. The fourth-order valence-electron chi connectivity index (χ4n) is 2.88. The van der Waals surface area contributed by atoms with Gasteiger partial charge in [0.25, 0.3) is 17.7 Å². The summed E-state index contributed by atoms with van der Waals surface area (Å²) in [4.78, 5) is 60.8. The van der Waals surface area contributed by atoms with Gasteiger partial charge in [0.05, 0.1) is 28.8 Å². The van der Waals surface area contributed by atoms with Gasteiger partial charge < -0.3 is 15.5 Å². The van der Waals surface area contributed by atoms with Crippen molar-refractivity contribution in [3.63, 3.8) is 0 Å². The number of amides is 3. The Balaban J connectivity index is 1.95. The molecule has 0 aliphatic carbocycles. The van der Waals surface area contributed by atoms with Crippen LogP contribution in [0.15, 0.2) is 48.5 Å². The molecule has 3 N–H and O–H groups in total. The molecule has 0 spiro atoms. The first-order chi connectivity index (χ1) is 13.3. The second-order valence-electron chi connectivity index (χ2n) is 5.97. The van der Waals surface area contributed by atoms with Crippen LogP contribution in [0.3, 0.4) is 0 Å². The maximum absolute atomic E-state index is 12.7. The smallest absolute Gasteiger partial charge is 0.326 e. The zero-order valence-corrected chi connectivity index (χ0v) is 14.3. The second-order valence-corrected chi connectivity index (χ2v) is 5.97. The molecule has 2 aromatic carbocycles. The minimum Gasteiger partial charge on any atom is -0.481 e. The van der Waals surface area contributed by atoms with Gasteiger partial charge in [-0.3, -0.25) is 19.2 Å². The Morgan fingerprint density at radius 3 is 1.96 bits per heavy atom. The van der Waals surface area contributed by atoms with E-state index in [2.05, 4.69) is 5.32 Å². The molecule has 0 aromatic heterocycles. The van der Waals surface area contributed by atoms with Crippen LogP contribution in [0.5, 0.6) is 0 Å². The summed E-state index contributed by atoms with van der Waals surface area (Å²) in [5.74, 6) is -5.06. The number of aliphatic carboxylic acids is 2. The number of nitrogens with one attached hydrogen (secondary N) is 1. The lowest BCUT2D eigenvalue weighted by Gasteiger charge is -2.19. The first-order valence-electron chi connectivity index (χ1n) is 8.13. The summed E-state index contributed by atoms with van der Waals surface area (Å²) in [5, 5.41) is 20.0. The van der Waals surface area contributed by atoms with Gasteiger partial charge in [-0.05, 0) is 24.3 Å². The number of fused-ring (bicyclic) bond motifs is 1. The van der Waals surface area contributed by atoms with Gasteiger partial charge in [0.1, 0.15) is 6.04 Å². The zero-order chi connectivity index (χ0) is 20.4. The second kappa shape index (κ2) is 7.31. The highest BCUT2D eigenvalue weighted by Gasteiger charge is 2.38. The third-order valence-electron chi connectivity index (χ3n) is 4.17. The fraction of sp³-hybridized carbons (Fsp3) is 0.105. The van der Waals surface area contributed by atoms with Crippen LogP contribution in [-0.2, 0) is 9.59 Å². The van der Waals surface area contributed by atoms with Crippen molar-refractivity contribution >= 4 is 35.3 Å². The van der Waals surface area contributed by atoms with Gasteiger partial charge in [0.15, 0.2) is 0 Å². The summed E-state index contributed by atoms with van der Waals surface area (Å²) in [7, 11) is 0. The molecule has 3 amide bonds. The Bertz CT molecular complexity index is 980. The molecule has 3 rings (SSSR count). The maximum Gasteiger partial charge on any atom is 0.326 e. The van der Waals surface area contributed by atoms with Gasteiger partial charge >= 0.3 is 11.9 Å². The van der Waals surface area contributed by atoms with E-state index in [1.54, 1.807) is 12.1 Å². The van der Waals surface area contributed by atoms with E-state index in [-0.39, 0.29) is 22.4 Å². The summed E-state index contributed by atoms with van der Waals surface area (Å²) < 4.78 is 0. The Hall–Kier alpha value is -4.01. The predicted molar refractivity (Wildman–Crippen MR) is 95.2 cm³/mol. The topological polar surface area (TPSA) is 141 Å². The minimum absolute atomic E-state index is 0.0225. The van der Waals surface area contributed by atoms with Crippen LogP contribution in [0, 0.1) is 0 Å². The summed E-state index contributed by atoms with van der Waals surface area (Å²) in [6.45, 7) is 0. The molecule has 1 heterocycles. The summed E-state index contributed by atoms with van der Waals surface area (Å²) in [6.07, 6.45) is -0.823. The van der Waals surface area contributed by atoms with Crippen LogP contribution in [-0.4, -0.2) is 45.9 Å². The van der Waals surface area contributed by atoms with Gasteiger partial charge in [-0.15, -0.1) is 0 Å². The van der Waals surface area contributed by atoms with E-state index in [4.69, 9.17) is 10.2 Å². The highest BCUT2D eigenvalue weighted by Crippen LogP contribution is 2.30. The molecule has 0 fully saturated rings. The molecule has 1 atom stereocenters. The van der Waals surface area contributed by atoms with Crippen molar-refractivity contribution in [2.45, 2.75) is 12.5 Å². The monoisotopic (exact) mass is 382 g/mol. The van der Waals surface area contributed by atoms with Gasteiger partial charge in [0, 0.05) is 0 Å². The average Bonchev–Trinajstić information content (AvgIpc) is 2.91. The van der Waals surface area contributed by atoms with Gasteiger partial charge in [-0.25, -0.2) is 9.69 Å². The Morgan fingerprint density at radius 2 is 1.43 bits per heavy atom. The molecule has 0 saturated carbocycles. The van der Waals surface area contributed by atoms with E-state index in [0.29, 0.717) is 0 Å². The molecule has 2 aromatic rings. The molecule has 0 bridgehead atoms. The summed E-state index contributed by atoms with van der Waals surface area (Å²) in [5.41, 5.74) is 0.230. The van der Waals surface area contributed by atoms with Crippen molar-refractivity contribution in [1.82, 2.24) is 5.32 Å². The number of rotatable bonds is 6. The molecule has 142 valence electrons. The van der Waals surface area contributed by atoms with E-state index < -0.39 is 42.1 Å². The van der Waals surface area contributed by atoms with E-state index in [1.165, 1.54) is 36.4 Å². The van der Waals surface area contributed by atoms with Crippen LogP contribution in [0.2, 0.25) is 0 Å². The predicted octanol–water partition coefficient (Wildman–Crippen LogP) is 1.14.